The van der Waals surface area contributed by atoms with Crippen molar-refractivity contribution < 1.29 is 4.74 Å². The van der Waals surface area contributed by atoms with Crippen LogP contribution < -0.4 is 15.4 Å². The van der Waals surface area contributed by atoms with Crippen molar-refractivity contribution in [2.24, 2.45) is 0 Å². The maximum absolute atomic E-state index is 5.37. The fourth-order valence-electron chi connectivity index (χ4n) is 1.80. The Labute approximate surface area is 105 Å². The number of ether oxygens (including phenoxy) is 1. The number of nitrogens with one attached hydrogen (secondary N) is 2. The lowest BCUT2D eigenvalue weighted by atomic mass is 10.1. The third-order valence-electron chi connectivity index (χ3n) is 2.85. The molecular formula is C14H24N2O. The molecule has 0 saturated carbocycles. The maximum Gasteiger partial charge on any atom is 0.123 e. The zero-order valence-electron chi connectivity index (χ0n) is 11.2. The van der Waals surface area contributed by atoms with Crippen LogP contribution in [0.1, 0.15) is 24.5 Å². The zero-order valence-corrected chi connectivity index (χ0v) is 11.2. The average molecular weight is 236 g/mol. The summed E-state index contributed by atoms with van der Waals surface area (Å²) < 4.78 is 5.37. The van der Waals surface area contributed by atoms with Gasteiger partial charge in [-0.25, -0.2) is 0 Å². The predicted molar refractivity (Wildman–Crippen MR) is 72.6 cm³/mol. The Kier molecular flexibility index (Phi) is 6.67. The fraction of sp³-hybridized carbons (Fsp3) is 0.571. The quantitative estimate of drug-likeness (QED) is 0.677. The van der Waals surface area contributed by atoms with Gasteiger partial charge in [0.15, 0.2) is 0 Å². The largest absolute Gasteiger partial charge is 0.496 e. The molecule has 1 aromatic carbocycles. The second-order valence-corrected chi connectivity index (χ2v) is 4.13. The van der Waals surface area contributed by atoms with Crippen LogP contribution in [0, 0.1) is 0 Å². The molecule has 0 unspecified atom stereocenters. The van der Waals surface area contributed by atoms with E-state index in [1.54, 1.807) is 7.11 Å². The summed E-state index contributed by atoms with van der Waals surface area (Å²) in [6.07, 6.45) is 2.21. The molecule has 0 atom stereocenters. The van der Waals surface area contributed by atoms with E-state index in [2.05, 4.69) is 35.8 Å². The van der Waals surface area contributed by atoms with Gasteiger partial charge in [-0.15, -0.1) is 0 Å². The molecule has 0 spiro atoms. The van der Waals surface area contributed by atoms with Gasteiger partial charge in [-0.3, -0.25) is 0 Å². The molecule has 2 N–H and O–H groups in total. The van der Waals surface area contributed by atoms with Crippen LogP contribution in [-0.2, 0) is 13.0 Å². The van der Waals surface area contributed by atoms with Crippen molar-refractivity contribution in [2.45, 2.75) is 26.3 Å². The van der Waals surface area contributed by atoms with Crippen LogP contribution in [0.15, 0.2) is 18.2 Å². The summed E-state index contributed by atoms with van der Waals surface area (Å²) in [6.45, 7) is 5.13. The van der Waals surface area contributed by atoms with Gasteiger partial charge in [-0.05, 0) is 44.6 Å². The highest BCUT2D eigenvalue weighted by atomic mass is 16.5. The molecule has 0 aliphatic heterocycles. The molecule has 96 valence electrons. The molecule has 1 rings (SSSR count). The topological polar surface area (TPSA) is 33.3 Å². The Morgan fingerprint density at radius 3 is 2.71 bits per heavy atom. The van der Waals surface area contributed by atoms with E-state index in [9.17, 15) is 0 Å². The molecule has 3 nitrogen and oxygen atoms in total. The minimum absolute atomic E-state index is 0.876. The van der Waals surface area contributed by atoms with Gasteiger partial charge in [0.1, 0.15) is 5.75 Å². The van der Waals surface area contributed by atoms with E-state index in [1.165, 1.54) is 11.1 Å². The molecule has 0 bridgehead atoms. The Morgan fingerprint density at radius 2 is 2.06 bits per heavy atom. The summed E-state index contributed by atoms with van der Waals surface area (Å²) in [4.78, 5) is 0. The van der Waals surface area contributed by atoms with Crippen LogP contribution in [0.3, 0.4) is 0 Å². The van der Waals surface area contributed by atoms with Gasteiger partial charge < -0.3 is 15.4 Å². The van der Waals surface area contributed by atoms with Gasteiger partial charge in [0.05, 0.1) is 7.11 Å². The van der Waals surface area contributed by atoms with E-state index in [-0.39, 0.29) is 0 Å². The smallest absolute Gasteiger partial charge is 0.123 e. The van der Waals surface area contributed by atoms with Gasteiger partial charge in [0, 0.05) is 12.1 Å². The minimum Gasteiger partial charge on any atom is -0.496 e. The Balaban J connectivity index is 2.49. The SMILES string of the molecule is CCc1ccc(OC)c(CNCCCNC)c1. The third kappa shape index (κ3) is 4.75. The molecule has 0 aliphatic carbocycles. The molecule has 0 fully saturated rings. The molecule has 0 radical (unpaired) electrons. The molecule has 3 heteroatoms. The number of aryl methyl sites for hydroxylation is 1. The molecule has 0 heterocycles. The van der Waals surface area contributed by atoms with E-state index >= 15 is 0 Å². The monoisotopic (exact) mass is 236 g/mol. The summed E-state index contributed by atoms with van der Waals surface area (Å²) >= 11 is 0. The minimum atomic E-state index is 0.876. The van der Waals surface area contributed by atoms with Crippen molar-refractivity contribution in [1.29, 1.82) is 0 Å². The first-order valence-corrected chi connectivity index (χ1v) is 6.33. The normalized spacial score (nSPS) is 10.5. The van der Waals surface area contributed by atoms with Crippen LogP contribution in [0.25, 0.3) is 0 Å². The molecule has 0 amide bonds. The van der Waals surface area contributed by atoms with E-state index < -0.39 is 0 Å². The van der Waals surface area contributed by atoms with Gasteiger partial charge in [-0.1, -0.05) is 19.1 Å². The second-order valence-electron chi connectivity index (χ2n) is 4.13. The van der Waals surface area contributed by atoms with Crippen LogP contribution in [0.2, 0.25) is 0 Å². The first-order chi connectivity index (χ1) is 8.31. The molecule has 0 aliphatic rings. The predicted octanol–water partition coefficient (Wildman–Crippen LogP) is 1.96. The molecule has 0 aromatic heterocycles. The number of hydrogen-bond acceptors (Lipinski definition) is 3. The first-order valence-electron chi connectivity index (χ1n) is 6.33. The summed E-state index contributed by atoms with van der Waals surface area (Å²) in [5, 5.41) is 6.58. The number of benzene rings is 1. The van der Waals surface area contributed by atoms with Crippen LogP contribution in [-0.4, -0.2) is 27.2 Å². The van der Waals surface area contributed by atoms with Crippen molar-refractivity contribution in [3.63, 3.8) is 0 Å². The molecular weight excluding hydrogens is 212 g/mol. The Morgan fingerprint density at radius 1 is 1.24 bits per heavy atom. The standard InChI is InChI=1S/C14H24N2O/c1-4-12-6-7-14(17-3)13(10-12)11-16-9-5-8-15-2/h6-7,10,15-16H,4-5,8-9,11H2,1-3H3. The highest BCUT2D eigenvalue weighted by Gasteiger charge is 2.03. The van der Waals surface area contributed by atoms with E-state index in [0.29, 0.717) is 0 Å². The second kappa shape index (κ2) is 8.09. The fourth-order valence-corrected chi connectivity index (χ4v) is 1.80. The highest BCUT2D eigenvalue weighted by molar-refractivity contribution is 5.37. The maximum atomic E-state index is 5.37. The lowest BCUT2D eigenvalue weighted by Crippen LogP contribution is -2.19. The molecule has 17 heavy (non-hydrogen) atoms. The number of rotatable bonds is 8. The summed E-state index contributed by atoms with van der Waals surface area (Å²) in [7, 11) is 3.71. The average Bonchev–Trinajstić information content (AvgIpc) is 2.38. The van der Waals surface area contributed by atoms with Gasteiger partial charge in [0.2, 0.25) is 0 Å². The first kappa shape index (κ1) is 14.0. The lowest BCUT2D eigenvalue weighted by Gasteiger charge is -2.11. The van der Waals surface area contributed by atoms with E-state index in [0.717, 1.165) is 38.2 Å². The summed E-state index contributed by atoms with van der Waals surface area (Å²) in [6, 6.07) is 6.41. The van der Waals surface area contributed by atoms with Crippen molar-refractivity contribution in [3.05, 3.63) is 29.3 Å². The molecule has 0 saturated heterocycles. The summed E-state index contributed by atoms with van der Waals surface area (Å²) in [5.74, 6) is 0.975. The van der Waals surface area contributed by atoms with E-state index in [1.807, 2.05) is 7.05 Å². The van der Waals surface area contributed by atoms with Crippen molar-refractivity contribution in [1.82, 2.24) is 10.6 Å². The van der Waals surface area contributed by atoms with Gasteiger partial charge >= 0.3 is 0 Å². The van der Waals surface area contributed by atoms with Crippen molar-refractivity contribution in [3.8, 4) is 5.75 Å². The van der Waals surface area contributed by atoms with Crippen molar-refractivity contribution in [2.75, 3.05) is 27.2 Å². The highest BCUT2D eigenvalue weighted by Crippen LogP contribution is 2.19. The number of methoxy groups -OCH3 is 1. The molecule has 1 aromatic rings. The number of hydrogen-bond donors (Lipinski definition) is 2. The van der Waals surface area contributed by atoms with Gasteiger partial charge in [0.25, 0.3) is 0 Å². The van der Waals surface area contributed by atoms with E-state index in [4.69, 9.17) is 4.74 Å². The third-order valence-corrected chi connectivity index (χ3v) is 2.85. The van der Waals surface area contributed by atoms with Gasteiger partial charge in [-0.2, -0.15) is 0 Å². The van der Waals surface area contributed by atoms with Crippen LogP contribution >= 0.6 is 0 Å². The Bertz CT molecular complexity index is 326. The van der Waals surface area contributed by atoms with Crippen LogP contribution in [0.5, 0.6) is 5.75 Å². The lowest BCUT2D eigenvalue weighted by molar-refractivity contribution is 0.407. The van der Waals surface area contributed by atoms with Crippen LogP contribution in [0.4, 0.5) is 0 Å². The van der Waals surface area contributed by atoms with Crippen molar-refractivity contribution >= 4 is 0 Å². The Hall–Kier alpha value is -1.06. The zero-order chi connectivity index (χ0) is 12.5. The summed E-state index contributed by atoms with van der Waals surface area (Å²) in [5.41, 5.74) is 2.61.